The van der Waals surface area contributed by atoms with E-state index in [0.717, 1.165) is 5.56 Å². The zero-order valence-corrected chi connectivity index (χ0v) is 17.7. The summed E-state index contributed by atoms with van der Waals surface area (Å²) in [6, 6.07) is 14.2. The minimum absolute atomic E-state index is 0.0294. The topological polar surface area (TPSA) is 93.7 Å². The van der Waals surface area contributed by atoms with Crippen molar-refractivity contribution in [1.82, 2.24) is 5.32 Å². The number of benzene rings is 2. The maximum absolute atomic E-state index is 12.1. The van der Waals surface area contributed by atoms with Crippen LogP contribution in [0.4, 0.5) is 5.69 Å². The van der Waals surface area contributed by atoms with Gasteiger partial charge in [-0.05, 0) is 37.1 Å². The lowest BCUT2D eigenvalue weighted by molar-refractivity contribution is -0.148. The minimum Gasteiger partial charge on any atom is -0.495 e. The monoisotopic (exact) mass is 432 g/mol. The predicted octanol–water partition coefficient (Wildman–Crippen LogP) is 3.88. The van der Waals surface area contributed by atoms with Crippen LogP contribution in [0, 0.1) is 0 Å². The van der Waals surface area contributed by atoms with Crippen LogP contribution in [0.25, 0.3) is 0 Å². The van der Waals surface area contributed by atoms with E-state index in [2.05, 4.69) is 10.6 Å². The van der Waals surface area contributed by atoms with Gasteiger partial charge in [0.2, 0.25) is 5.91 Å². The Labute approximate surface area is 180 Å². The van der Waals surface area contributed by atoms with Gasteiger partial charge in [-0.1, -0.05) is 41.9 Å². The van der Waals surface area contributed by atoms with E-state index in [0.29, 0.717) is 16.5 Å². The number of methoxy groups -OCH3 is 1. The van der Waals surface area contributed by atoms with Crippen LogP contribution in [0.5, 0.6) is 5.75 Å². The summed E-state index contributed by atoms with van der Waals surface area (Å²) >= 11 is 5.93. The van der Waals surface area contributed by atoms with Crippen LogP contribution in [0.1, 0.15) is 37.8 Å². The van der Waals surface area contributed by atoms with Gasteiger partial charge in [-0.3, -0.25) is 14.4 Å². The van der Waals surface area contributed by atoms with Crippen LogP contribution in [0.15, 0.2) is 48.5 Å². The summed E-state index contributed by atoms with van der Waals surface area (Å²) in [5, 5.41) is 5.93. The fraction of sp³-hybridized carbons (Fsp3) is 0.318. The first-order valence-electron chi connectivity index (χ1n) is 9.52. The van der Waals surface area contributed by atoms with Crippen molar-refractivity contribution in [3.8, 4) is 5.75 Å². The van der Waals surface area contributed by atoms with Crippen molar-refractivity contribution in [1.29, 1.82) is 0 Å². The van der Waals surface area contributed by atoms with Crippen molar-refractivity contribution >= 4 is 35.1 Å². The number of amides is 2. The first kappa shape index (κ1) is 23.2. The quantitative estimate of drug-likeness (QED) is 0.556. The number of carbonyl (C=O) groups is 3. The van der Waals surface area contributed by atoms with Gasteiger partial charge in [0.05, 0.1) is 18.8 Å². The molecule has 1 atom stereocenters. The zero-order chi connectivity index (χ0) is 21.9. The summed E-state index contributed by atoms with van der Waals surface area (Å²) < 4.78 is 10.1. The van der Waals surface area contributed by atoms with E-state index in [1.54, 1.807) is 18.2 Å². The number of nitrogens with one attached hydrogen (secondary N) is 2. The number of hydrogen-bond donors (Lipinski definition) is 2. The van der Waals surface area contributed by atoms with E-state index in [4.69, 9.17) is 21.1 Å². The summed E-state index contributed by atoms with van der Waals surface area (Å²) in [6.45, 7) is 1.49. The average molecular weight is 433 g/mol. The Kier molecular flexibility index (Phi) is 9.15. The highest BCUT2D eigenvalue weighted by atomic mass is 35.5. The molecular formula is C22H25ClN2O5. The average Bonchev–Trinajstić information content (AvgIpc) is 2.73. The lowest BCUT2D eigenvalue weighted by atomic mass is 10.1. The van der Waals surface area contributed by atoms with E-state index in [1.807, 2.05) is 37.3 Å². The minimum atomic E-state index is -0.536. The summed E-state index contributed by atoms with van der Waals surface area (Å²) in [6.07, 6.45) is 0.430. The van der Waals surface area contributed by atoms with Crippen molar-refractivity contribution in [3.05, 3.63) is 59.1 Å². The Hall–Kier alpha value is -3.06. The summed E-state index contributed by atoms with van der Waals surface area (Å²) in [4.78, 5) is 35.8. The lowest BCUT2D eigenvalue weighted by Crippen LogP contribution is -2.31. The molecule has 7 nitrogen and oxygen atoms in total. The van der Waals surface area contributed by atoms with Gasteiger partial charge in [0, 0.05) is 17.9 Å². The first-order valence-corrected chi connectivity index (χ1v) is 9.90. The molecule has 0 aliphatic carbocycles. The maximum atomic E-state index is 12.1. The molecule has 0 saturated heterocycles. The zero-order valence-electron chi connectivity index (χ0n) is 16.9. The first-order chi connectivity index (χ1) is 14.4. The third-order valence-electron chi connectivity index (χ3n) is 4.26. The molecule has 2 rings (SSSR count). The molecule has 160 valence electrons. The highest BCUT2D eigenvalue weighted by Gasteiger charge is 2.13. The third-order valence-corrected chi connectivity index (χ3v) is 4.50. The van der Waals surface area contributed by atoms with E-state index >= 15 is 0 Å². The van der Waals surface area contributed by atoms with Crippen LogP contribution in [0.3, 0.4) is 0 Å². The van der Waals surface area contributed by atoms with Gasteiger partial charge in [-0.2, -0.15) is 0 Å². The van der Waals surface area contributed by atoms with Crippen LogP contribution < -0.4 is 15.4 Å². The Morgan fingerprint density at radius 1 is 1.03 bits per heavy atom. The van der Waals surface area contributed by atoms with Crippen LogP contribution in [0.2, 0.25) is 5.02 Å². The predicted molar refractivity (Wildman–Crippen MR) is 114 cm³/mol. The highest BCUT2D eigenvalue weighted by molar-refractivity contribution is 6.31. The van der Waals surface area contributed by atoms with Gasteiger partial charge in [-0.15, -0.1) is 0 Å². The second kappa shape index (κ2) is 11.8. The molecule has 0 saturated carbocycles. The van der Waals surface area contributed by atoms with Crippen molar-refractivity contribution in [2.45, 2.75) is 32.2 Å². The molecule has 0 radical (unpaired) electrons. The van der Waals surface area contributed by atoms with Crippen molar-refractivity contribution in [3.63, 3.8) is 0 Å². The third kappa shape index (κ3) is 7.75. The molecule has 2 N–H and O–H groups in total. The number of anilines is 1. The van der Waals surface area contributed by atoms with Crippen LogP contribution >= 0.6 is 11.6 Å². The number of halogens is 1. The van der Waals surface area contributed by atoms with E-state index in [1.165, 1.54) is 7.11 Å². The number of carbonyl (C=O) groups excluding carboxylic acids is 3. The molecule has 8 heteroatoms. The smallest absolute Gasteiger partial charge is 0.306 e. The van der Waals surface area contributed by atoms with E-state index in [9.17, 15) is 14.4 Å². The maximum Gasteiger partial charge on any atom is 0.306 e. The number of hydrogen-bond acceptors (Lipinski definition) is 5. The fourth-order valence-corrected chi connectivity index (χ4v) is 2.88. The van der Waals surface area contributed by atoms with E-state index in [-0.39, 0.29) is 43.7 Å². The van der Waals surface area contributed by atoms with Crippen molar-refractivity contribution in [2.24, 2.45) is 0 Å². The number of esters is 1. The molecule has 2 aromatic carbocycles. The van der Waals surface area contributed by atoms with Crippen LogP contribution in [-0.2, 0) is 19.1 Å². The molecule has 0 spiro atoms. The summed E-state index contributed by atoms with van der Waals surface area (Å²) in [5.41, 5.74) is 1.42. The molecule has 2 aromatic rings. The summed E-state index contributed by atoms with van der Waals surface area (Å²) in [5.74, 6) is -0.711. The van der Waals surface area contributed by atoms with Gasteiger partial charge in [0.1, 0.15) is 5.75 Å². The van der Waals surface area contributed by atoms with E-state index < -0.39 is 5.97 Å². The molecule has 0 bridgehead atoms. The second-order valence-corrected chi connectivity index (χ2v) is 7.04. The van der Waals surface area contributed by atoms with Crippen LogP contribution in [-0.4, -0.2) is 31.5 Å². The van der Waals surface area contributed by atoms with Gasteiger partial charge in [0.15, 0.2) is 6.61 Å². The van der Waals surface area contributed by atoms with Crippen molar-refractivity contribution < 1.29 is 23.9 Å². The van der Waals surface area contributed by atoms with Gasteiger partial charge in [-0.25, -0.2) is 0 Å². The Morgan fingerprint density at radius 2 is 1.77 bits per heavy atom. The number of ether oxygens (including phenoxy) is 2. The molecule has 30 heavy (non-hydrogen) atoms. The molecule has 0 aromatic heterocycles. The lowest BCUT2D eigenvalue weighted by Gasteiger charge is -2.14. The molecule has 0 fully saturated rings. The Bertz CT molecular complexity index is 873. The van der Waals surface area contributed by atoms with Crippen molar-refractivity contribution in [2.75, 3.05) is 19.0 Å². The molecule has 0 aliphatic rings. The van der Waals surface area contributed by atoms with Gasteiger partial charge >= 0.3 is 5.97 Å². The molecule has 0 unspecified atom stereocenters. The fourth-order valence-electron chi connectivity index (χ4n) is 2.71. The normalized spacial score (nSPS) is 11.3. The SMILES string of the molecule is COc1ccc(Cl)cc1NC(=O)CCCC(=O)OCC(=O)N[C@H](C)c1ccccc1. The molecule has 2 amide bonds. The summed E-state index contributed by atoms with van der Waals surface area (Å²) in [7, 11) is 1.49. The number of rotatable bonds is 10. The highest BCUT2D eigenvalue weighted by Crippen LogP contribution is 2.27. The molecule has 0 heterocycles. The van der Waals surface area contributed by atoms with Gasteiger partial charge < -0.3 is 20.1 Å². The standard InChI is InChI=1S/C22H25ClN2O5/c1-15(16-7-4-3-5-8-16)24-21(27)14-30-22(28)10-6-9-20(26)25-18-13-17(23)11-12-19(18)29-2/h3-5,7-8,11-13,15H,6,9-10,14H2,1-2H3,(H,24,27)(H,25,26)/t15-/m1/s1. The molecular weight excluding hydrogens is 408 g/mol. The Balaban J connectivity index is 1.66. The largest absolute Gasteiger partial charge is 0.495 e. The van der Waals surface area contributed by atoms with Gasteiger partial charge in [0.25, 0.3) is 5.91 Å². The molecule has 0 aliphatic heterocycles. The second-order valence-electron chi connectivity index (χ2n) is 6.61. The Morgan fingerprint density at radius 3 is 2.47 bits per heavy atom.